The van der Waals surface area contributed by atoms with Crippen LogP contribution in [0, 0.1) is 6.92 Å². The average molecular weight is 256 g/mol. The molecule has 1 unspecified atom stereocenters. The van der Waals surface area contributed by atoms with Crippen molar-refractivity contribution in [3.8, 4) is 0 Å². The first kappa shape index (κ1) is 12.4. The van der Waals surface area contributed by atoms with E-state index in [0.717, 1.165) is 24.6 Å². The van der Waals surface area contributed by atoms with Gasteiger partial charge in [-0.1, -0.05) is 24.3 Å². The van der Waals surface area contributed by atoms with Gasteiger partial charge in [0.1, 0.15) is 0 Å². The summed E-state index contributed by atoms with van der Waals surface area (Å²) < 4.78 is 0. The predicted octanol–water partition coefficient (Wildman–Crippen LogP) is 2.13. The van der Waals surface area contributed by atoms with E-state index < -0.39 is 0 Å². The Labute approximate surface area is 113 Å². The quantitative estimate of drug-likeness (QED) is 0.913. The van der Waals surface area contributed by atoms with Crippen molar-refractivity contribution in [1.82, 2.24) is 15.5 Å². The number of likely N-dealkylation sites (N-methyl/N-ethyl adjacent to an activating group) is 1. The average Bonchev–Trinajstić information content (AvgIpc) is 2.88. The molecule has 2 aromatic rings. The summed E-state index contributed by atoms with van der Waals surface area (Å²) in [5.41, 5.74) is 1.00. The Morgan fingerprint density at radius 1 is 1.26 bits per heavy atom. The molecule has 0 radical (unpaired) electrons. The Morgan fingerprint density at radius 3 is 2.84 bits per heavy atom. The highest BCUT2D eigenvalue weighted by Gasteiger charge is 2.26. The zero-order chi connectivity index (χ0) is 13.2. The van der Waals surface area contributed by atoms with Crippen LogP contribution in [0.3, 0.4) is 0 Å². The summed E-state index contributed by atoms with van der Waals surface area (Å²) in [6, 6.07) is 8.96. The van der Waals surface area contributed by atoms with E-state index in [9.17, 15) is 0 Å². The minimum absolute atomic E-state index is 0.533. The molecule has 1 atom stereocenters. The van der Waals surface area contributed by atoms with Gasteiger partial charge in [0.15, 0.2) is 5.82 Å². The first-order valence-electron chi connectivity index (χ1n) is 6.94. The fraction of sp³-hybridized carbons (Fsp3) is 0.467. The van der Waals surface area contributed by atoms with E-state index in [1.54, 1.807) is 0 Å². The molecular formula is C15H20N4. The van der Waals surface area contributed by atoms with Crippen molar-refractivity contribution in [3.05, 3.63) is 30.0 Å². The van der Waals surface area contributed by atoms with Gasteiger partial charge in [-0.25, -0.2) is 0 Å². The van der Waals surface area contributed by atoms with Gasteiger partial charge in [0, 0.05) is 29.9 Å². The van der Waals surface area contributed by atoms with Crippen LogP contribution in [-0.4, -0.2) is 36.4 Å². The van der Waals surface area contributed by atoms with E-state index in [-0.39, 0.29) is 0 Å². The van der Waals surface area contributed by atoms with Crippen molar-refractivity contribution >= 4 is 16.6 Å². The zero-order valence-corrected chi connectivity index (χ0v) is 11.6. The number of aromatic nitrogens is 2. The molecule has 1 aliphatic heterocycles. The van der Waals surface area contributed by atoms with Gasteiger partial charge in [0.2, 0.25) is 0 Å². The van der Waals surface area contributed by atoms with Gasteiger partial charge in [0.05, 0.1) is 5.69 Å². The molecule has 0 aliphatic carbocycles. The molecule has 4 nitrogen and oxygen atoms in total. The molecular weight excluding hydrogens is 236 g/mol. The molecule has 4 heteroatoms. The third-order valence-corrected chi connectivity index (χ3v) is 3.94. The molecule has 0 saturated carbocycles. The molecule has 100 valence electrons. The topological polar surface area (TPSA) is 41.0 Å². The van der Waals surface area contributed by atoms with E-state index in [1.165, 1.54) is 23.6 Å². The first-order valence-corrected chi connectivity index (χ1v) is 6.94. The van der Waals surface area contributed by atoms with Crippen molar-refractivity contribution in [1.29, 1.82) is 0 Å². The lowest BCUT2D eigenvalue weighted by Gasteiger charge is -2.26. The second-order valence-electron chi connectivity index (χ2n) is 5.20. The number of anilines is 1. The Hall–Kier alpha value is -1.68. The molecule has 1 fully saturated rings. The van der Waals surface area contributed by atoms with Gasteiger partial charge in [-0.2, -0.15) is 5.10 Å². The number of nitrogens with zero attached hydrogens (tertiary/aromatic N) is 3. The molecule has 1 saturated heterocycles. The molecule has 0 spiro atoms. The van der Waals surface area contributed by atoms with Crippen LogP contribution in [0.1, 0.15) is 18.5 Å². The highest BCUT2D eigenvalue weighted by Crippen LogP contribution is 2.30. The van der Waals surface area contributed by atoms with Crippen LogP contribution in [0.25, 0.3) is 10.8 Å². The maximum absolute atomic E-state index is 4.47. The fourth-order valence-electron chi connectivity index (χ4n) is 3.00. The van der Waals surface area contributed by atoms with Crippen LogP contribution >= 0.6 is 0 Å². The molecule has 1 aromatic heterocycles. The number of benzene rings is 1. The summed E-state index contributed by atoms with van der Waals surface area (Å²) >= 11 is 0. The Morgan fingerprint density at radius 2 is 2.05 bits per heavy atom. The second kappa shape index (κ2) is 5.13. The lowest BCUT2D eigenvalue weighted by molar-refractivity contribution is 0.611. The van der Waals surface area contributed by atoms with Crippen molar-refractivity contribution in [2.45, 2.75) is 25.8 Å². The number of hydrogen-bond acceptors (Lipinski definition) is 4. The van der Waals surface area contributed by atoms with Crippen LogP contribution in [-0.2, 0) is 0 Å². The largest absolute Gasteiger partial charge is 0.350 e. The maximum Gasteiger partial charge on any atom is 0.159 e. The van der Waals surface area contributed by atoms with Gasteiger partial charge >= 0.3 is 0 Å². The van der Waals surface area contributed by atoms with Gasteiger partial charge in [-0.05, 0) is 26.8 Å². The SMILES string of the molecule is CNCC1CCCN1c1nnc(C)c2ccccc12. The summed E-state index contributed by atoms with van der Waals surface area (Å²) in [6.45, 7) is 4.10. The Balaban J connectivity index is 2.07. The minimum atomic E-state index is 0.533. The Kier molecular flexibility index (Phi) is 3.34. The summed E-state index contributed by atoms with van der Waals surface area (Å²) in [5.74, 6) is 1.04. The van der Waals surface area contributed by atoms with Crippen LogP contribution in [0.2, 0.25) is 0 Å². The molecule has 0 bridgehead atoms. The molecule has 0 amide bonds. The number of aryl methyl sites for hydroxylation is 1. The van der Waals surface area contributed by atoms with Crippen molar-refractivity contribution < 1.29 is 0 Å². The minimum Gasteiger partial charge on any atom is -0.350 e. The molecule has 1 N–H and O–H groups in total. The number of fused-ring (bicyclic) bond motifs is 1. The summed E-state index contributed by atoms with van der Waals surface area (Å²) in [7, 11) is 2.01. The second-order valence-corrected chi connectivity index (χ2v) is 5.20. The lowest BCUT2D eigenvalue weighted by Crippen LogP contribution is -2.37. The maximum atomic E-state index is 4.47. The van der Waals surface area contributed by atoms with Crippen LogP contribution in [0.4, 0.5) is 5.82 Å². The van der Waals surface area contributed by atoms with E-state index in [0.29, 0.717) is 6.04 Å². The van der Waals surface area contributed by atoms with Gasteiger partial charge in [0.25, 0.3) is 0 Å². The van der Waals surface area contributed by atoms with E-state index in [4.69, 9.17) is 0 Å². The van der Waals surface area contributed by atoms with Crippen molar-refractivity contribution in [3.63, 3.8) is 0 Å². The molecule has 2 heterocycles. The Bertz CT molecular complexity index is 581. The monoisotopic (exact) mass is 256 g/mol. The summed E-state index contributed by atoms with van der Waals surface area (Å²) in [6.07, 6.45) is 2.46. The highest BCUT2D eigenvalue weighted by molar-refractivity contribution is 5.93. The third kappa shape index (κ3) is 2.16. The van der Waals surface area contributed by atoms with E-state index >= 15 is 0 Å². The molecule has 3 rings (SSSR count). The summed E-state index contributed by atoms with van der Waals surface area (Å²) in [5, 5.41) is 14.5. The predicted molar refractivity (Wildman–Crippen MR) is 78.6 cm³/mol. The molecule has 1 aromatic carbocycles. The number of hydrogen-bond donors (Lipinski definition) is 1. The van der Waals surface area contributed by atoms with Crippen LogP contribution in [0.15, 0.2) is 24.3 Å². The number of rotatable bonds is 3. The molecule has 1 aliphatic rings. The first-order chi connectivity index (χ1) is 9.31. The van der Waals surface area contributed by atoms with Crippen molar-refractivity contribution in [2.75, 3.05) is 25.0 Å². The standard InChI is InChI=1S/C15H20N4/c1-11-13-7-3-4-8-14(13)15(18-17-11)19-9-5-6-12(19)10-16-2/h3-4,7-8,12,16H,5-6,9-10H2,1-2H3. The fourth-order valence-corrected chi connectivity index (χ4v) is 3.00. The smallest absolute Gasteiger partial charge is 0.159 e. The summed E-state index contributed by atoms with van der Waals surface area (Å²) in [4.78, 5) is 2.41. The van der Waals surface area contributed by atoms with Crippen LogP contribution < -0.4 is 10.2 Å². The van der Waals surface area contributed by atoms with E-state index in [2.05, 4.69) is 44.7 Å². The highest BCUT2D eigenvalue weighted by atomic mass is 15.3. The third-order valence-electron chi connectivity index (χ3n) is 3.94. The van der Waals surface area contributed by atoms with Gasteiger partial charge < -0.3 is 10.2 Å². The molecule has 19 heavy (non-hydrogen) atoms. The normalized spacial score (nSPS) is 19.3. The lowest BCUT2D eigenvalue weighted by atomic mass is 10.1. The number of nitrogens with one attached hydrogen (secondary N) is 1. The van der Waals surface area contributed by atoms with Crippen LogP contribution in [0.5, 0.6) is 0 Å². The zero-order valence-electron chi connectivity index (χ0n) is 11.6. The van der Waals surface area contributed by atoms with Crippen molar-refractivity contribution in [2.24, 2.45) is 0 Å². The van der Waals surface area contributed by atoms with Gasteiger partial charge in [-0.15, -0.1) is 5.10 Å². The van der Waals surface area contributed by atoms with Gasteiger partial charge in [-0.3, -0.25) is 0 Å². The van der Waals surface area contributed by atoms with E-state index in [1.807, 2.05) is 14.0 Å².